The van der Waals surface area contributed by atoms with Gasteiger partial charge in [0.05, 0.1) is 10.2 Å². The van der Waals surface area contributed by atoms with Crippen molar-refractivity contribution in [2.45, 2.75) is 19.4 Å². The summed E-state index contributed by atoms with van der Waals surface area (Å²) in [6.45, 7) is 3.48. The lowest BCUT2D eigenvalue weighted by Gasteiger charge is -2.25. The van der Waals surface area contributed by atoms with Crippen LogP contribution in [0.25, 0.3) is 20.8 Å². The number of ether oxygens (including phenoxy) is 1. The van der Waals surface area contributed by atoms with E-state index in [-0.39, 0.29) is 5.91 Å². The Kier molecular flexibility index (Phi) is 5.10. The molecule has 2 aromatic heterocycles. The number of carbonyl (C=O) groups is 1. The van der Waals surface area contributed by atoms with Crippen LogP contribution in [0.3, 0.4) is 0 Å². The molecule has 0 saturated carbocycles. The van der Waals surface area contributed by atoms with E-state index in [0.717, 1.165) is 25.8 Å². The van der Waals surface area contributed by atoms with E-state index in [2.05, 4.69) is 5.32 Å². The summed E-state index contributed by atoms with van der Waals surface area (Å²) in [5, 5.41) is 7.21. The number of halogens is 1. The van der Waals surface area contributed by atoms with Gasteiger partial charge in [-0.1, -0.05) is 23.7 Å². The summed E-state index contributed by atoms with van der Waals surface area (Å²) < 4.78 is 7.00. The Labute approximate surface area is 175 Å². The molecule has 28 heavy (non-hydrogen) atoms. The van der Waals surface area contributed by atoms with Crippen molar-refractivity contribution >= 4 is 55.4 Å². The summed E-state index contributed by atoms with van der Waals surface area (Å²) in [7, 11) is 0. The maximum atomic E-state index is 12.9. The summed E-state index contributed by atoms with van der Waals surface area (Å²) in [6.07, 6.45) is 0. The van der Waals surface area contributed by atoms with Crippen LogP contribution in [0, 0.1) is 0 Å². The molecule has 0 aliphatic heterocycles. The number of amides is 1. The van der Waals surface area contributed by atoms with Gasteiger partial charge in [-0.3, -0.25) is 4.79 Å². The fourth-order valence-electron chi connectivity index (χ4n) is 2.66. The van der Waals surface area contributed by atoms with Crippen LogP contribution in [-0.4, -0.2) is 16.5 Å². The highest BCUT2D eigenvalue weighted by molar-refractivity contribution is 7.22. The summed E-state index contributed by atoms with van der Waals surface area (Å²) in [4.78, 5) is 17.6. The second-order valence-electron chi connectivity index (χ2n) is 6.67. The minimum Gasteiger partial charge on any atom is -0.478 e. The topological polar surface area (TPSA) is 51.2 Å². The van der Waals surface area contributed by atoms with Crippen LogP contribution in [0.4, 0.5) is 5.00 Å². The maximum Gasteiger partial charge on any atom is 0.268 e. The Morgan fingerprint density at radius 2 is 1.86 bits per heavy atom. The quantitative estimate of drug-likeness (QED) is 0.396. The normalized spacial score (nSPS) is 11.5. The van der Waals surface area contributed by atoms with E-state index in [9.17, 15) is 4.79 Å². The SMILES string of the molecule is CC(C)(Oc1ccc(Cl)cc1)C(=O)Nc1sccc1-c1nc2ccccc2s1. The minimum atomic E-state index is -1.05. The van der Waals surface area contributed by atoms with Gasteiger partial charge in [0.2, 0.25) is 0 Å². The molecule has 4 rings (SSSR count). The van der Waals surface area contributed by atoms with Gasteiger partial charge in [-0.25, -0.2) is 4.98 Å². The largest absolute Gasteiger partial charge is 0.478 e. The first-order valence-electron chi connectivity index (χ1n) is 8.62. The van der Waals surface area contributed by atoms with Crippen LogP contribution in [0.5, 0.6) is 5.75 Å². The number of hydrogen-bond donors (Lipinski definition) is 1. The van der Waals surface area contributed by atoms with Gasteiger partial charge in [0.25, 0.3) is 5.91 Å². The van der Waals surface area contributed by atoms with Crippen LogP contribution in [0.15, 0.2) is 60.0 Å². The number of anilines is 1. The molecule has 142 valence electrons. The fraction of sp³-hybridized carbons (Fsp3) is 0.143. The number of nitrogens with one attached hydrogen (secondary N) is 1. The second-order valence-corrected chi connectivity index (χ2v) is 9.05. The summed E-state index contributed by atoms with van der Waals surface area (Å²) in [5.41, 5.74) is 0.821. The monoisotopic (exact) mass is 428 g/mol. The first-order chi connectivity index (χ1) is 13.4. The van der Waals surface area contributed by atoms with Gasteiger partial charge in [-0.15, -0.1) is 22.7 Å². The number of thiazole rings is 1. The van der Waals surface area contributed by atoms with E-state index in [1.165, 1.54) is 11.3 Å². The third-order valence-electron chi connectivity index (χ3n) is 4.15. The summed E-state index contributed by atoms with van der Waals surface area (Å²) in [6, 6.07) is 16.9. The number of hydrogen-bond acceptors (Lipinski definition) is 5. The number of rotatable bonds is 5. The number of nitrogens with zero attached hydrogens (tertiary/aromatic N) is 1. The van der Waals surface area contributed by atoms with Crippen molar-refractivity contribution in [3.05, 3.63) is 65.0 Å². The zero-order valence-corrected chi connectivity index (χ0v) is 17.6. The molecule has 0 radical (unpaired) electrons. The van der Waals surface area contributed by atoms with E-state index in [1.54, 1.807) is 49.4 Å². The lowest BCUT2D eigenvalue weighted by Crippen LogP contribution is -2.42. The number of benzene rings is 2. The van der Waals surface area contributed by atoms with Gasteiger partial charge in [-0.05, 0) is 61.7 Å². The zero-order valence-electron chi connectivity index (χ0n) is 15.2. The first-order valence-corrected chi connectivity index (χ1v) is 10.7. The van der Waals surface area contributed by atoms with Crippen LogP contribution in [0.2, 0.25) is 5.02 Å². The predicted molar refractivity (Wildman–Crippen MR) is 118 cm³/mol. The fourth-order valence-corrected chi connectivity index (χ4v) is 4.63. The molecule has 0 fully saturated rings. The number of aromatic nitrogens is 1. The average Bonchev–Trinajstić information content (AvgIpc) is 3.29. The molecular formula is C21H17ClN2O2S2. The Morgan fingerprint density at radius 1 is 1.11 bits per heavy atom. The van der Waals surface area contributed by atoms with E-state index in [1.807, 2.05) is 35.7 Å². The van der Waals surface area contributed by atoms with Crippen LogP contribution in [0.1, 0.15) is 13.8 Å². The van der Waals surface area contributed by atoms with Gasteiger partial charge in [0.15, 0.2) is 5.60 Å². The van der Waals surface area contributed by atoms with Crippen molar-refractivity contribution in [3.63, 3.8) is 0 Å². The summed E-state index contributed by atoms with van der Waals surface area (Å²) in [5.74, 6) is 0.356. The number of fused-ring (bicyclic) bond motifs is 1. The third-order valence-corrected chi connectivity index (χ3v) is 6.30. The molecule has 0 bridgehead atoms. The highest BCUT2D eigenvalue weighted by Crippen LogP contribution is 2.38. The Morgan fingerprint density at radius 3 is 2.61 bits per heavy atom. The molecule has 2 heterocycles. The molecule has 0 aliphatic rings. The zero-order chi connectivity index (χ0) is 19.7. The van der Waals surface area contributed by atoms with Crippen molar-refractivity contribution in [1.29, 1.82) is 0 Å². The smallest absolute Gasteiger partial charge is 0.268 e. The van der Waals surface area contributed by atoms with Crippen molar-refractivity contribution in [2.75, 3.05) is 5.32 Å². The molecule has 4 nitrogen and oxygen atoms in total. The highest BCUT2D eigenvalue weighted by Gasteiger charge is 2.31. The Hall–Kier alpha value is -2.41. The minimum absolute atomic E-state index is 0.229. The highest BCUT2D eigenvalue weighted by atomic mass is 35.5. The van der Waals surface area contributed by atoms with E-state index in [4.69, 9.17) is 21.3 Å². The third kappa shape index (κ3) is 3.90. The van der Waals surface area contributed by atoms with Crippen LogP contribution >= 0.6 is 34.3 Å². The molecule has 0 atom stereocenters. The van der Waals surface area contributed by atoms with Crippen molar-refractivity contribution in [2.24, 2.45) is 0 Å². The van der Waals surface area contributed by atoms with Crippen molar-refractivity contribution in [1.82, 2.24) is 4.98 Å². The van der Waals surface area contributed by atoms with Crippen molar-refractivity contribution in [3.8, 4) is 16.3 Å². The number of para-hydroxylation sites is 1. The second kappa shape index (κ2) is 7.54. The Balaban J connectivity index is 1.55. The molecule has 4 aromatic rings. The molecule has 0 unspecified atom stereocenters. The maximum absolute atomic E-state index is 12.9. The molecule has 2 aromatic carbocycles. The van der Waals surface area contributed by atoms with Crippen molar-refractivity contribution < 1.29 is 9.53 Å². The lowest BCUT2D eigenvalue weighted by molar-refractivity contribution is -0.128. The number of thiophene rings is 1. The number of carbonyl (C=O) groups excluding carboxylic acids is 1. The van der Waals surface area contributed by atoms with Gasteiger partial charge in [0.1, 0.15) is 15.8 Å². The molecule has 1 N–H and O–H groups in total. The molecular weight excluding hydrogens is 412 g/mol. The standard InChI is InChI=1S/C21H17ClN2O2S2/c1-21(2,26-14-9-7-13(22)8-10-14)20(25)24-18-15(11-12-27-18)19-23-16-5-3-4-6-17(16)28-19/h3-12H,1-2H3,(H,24,25). The molecule has 0 saturated heterocycles. The van der Waals surface area contributed by atoms with Gasteiger partial charge in [-0.2, -0.15) is 0 Å². The van der Waals surface area contributed by atoms with Crippen LogP contribution in [-0.2, 0) is 4.79 Å². The Bertz CT molecular complexity index is 1100. The molecule has 1 amide bonds. The van der Waals surface area contributed by atoms with E-state index >= 15 is 0 Å². The van der Waals surface area contributed by atoms with Gasteiger partial charge >= 0.3 is 0 Å². The molecule has 0 spiro atoms. The lowest BCUT2D eigenvalue weighted by atomic mass is 10.1. The van der Waals surface area contributed by atoms with Crippen LogP contribution < -0.4 is 10.1 Å². The van der Waals surface area contributed by atoms with Gasteiger partial charge < -0.3 is 10.1 Å². The van der Waals surface area contributed by atoms with E-state index < -0.39 is 5.60 Å². The molecule has 7 heteroatoms. The van der Waals surface area contributed by atoms with E-state index in [0.29, 0.717) is 10.8 Å². The summed E-state index contributed by atoms with van der Waals surface area (Å²) >= 11 is 8.98. The molecule has 0 aliphatic carbocycles. The van der Waals surface area contributed by atoms with Gasteiger partial charge in [0, 0.05) is 10.6 Å². The first kappa shape index (κ1) is 18.9. The average molecular weight is 429 g/mol. The predicted octanol–water partition coefficient (Wildman–Crippen LogP) is 6.47.